The van der Waals surface area contributed by atoms with E-state index in [-0.39, 0.29) is 53.6 Å². The summed E-state index contributed by atoms with van der Waals surface area (Å²) in [7, 11) is 0. The number of benzene rings is 1. The molecule has 4 rings (SSSR count). The number of hydrogen-bond acceptors (Lipinski definition) is 5. The van der Waals surface area contributed by atoms with Gasteiger partial charge in [0, 0.05) is 18.2 Å². The number of hydrogen-bond donors (Lipinski definition) is 2. The number of guanidine groups is 1. The number of nitrogens with zero attached hydrogens (tertiary/aromatic N) is 4. The van der Waals surface area contributed by atoms with Gasteiger partial charge in [0.2, 0.25) is 5.91 Å². The van der Waals surface area contributed by atoms with Gasteiger partial charge in [-0.25, -0.2) is 4.68 Å². The lowest BCUT2D eigenvalue weighted by Crippen LogP contribution is -2.63. The van der Waals surface area contributed by atoms with E-state index in [1.165, 1.54) is 11.1 Å². The number of ether oxygens (including phenoxy) is 1. The largest absolute Gasteiger partial charge is 0.408 e. The van der Waals surface area contributed by atoms with Gasteiger partial charge in [-0.05, 0) is 32.3 Å². The molecule has 2 aromatic rings. The van der Waals surface area contributed by atoms with Crippen LogP contribution in [0.15, 0.2) is 24.4 Å². The van der Waals surface area contributed by atoms with Crippen LogP contribution in [0, 0.1) is 5.41 Å². The highest BCUT2D eigenvalue weighted by atomic mass is 35.5. The standard InChI is InChI=1S/C21H24ClF3N6O2.ClH/c1-12-8-13(6-7-33-12)31-17(32)9-20(2,27-19(31)26)15-5-3-4-14(18(15)22)16-10-30(29-28-16)11-21(23,24)25;/h3-5,10,12-13H,6-9,11H2,1-2H3,(H2,26,27);1H/t12-,13-,20-;/m0./s1. The molecule has 0 saturated carbocycles. The molecule has 186 valence electrons. The van der Waals surface area contributed by atoms with Crippen molar-refractivity contribution in [2.24, 2.45) is 0 Å². The normalized spacial score (nSPS) is 25.6. The molecule has 0 radical (unpaired) electrons. The lowest BCUT2D eigenvalue weighted by Gasteiger charge is -2.45. The van der Waals surface area contributed by atoms with Crippen molar-refractivity contribution >= 4 is 35.9 Å². The molecule has 34 heavy (non-hydrogen) atoms. The molecule has 3 heterocycles. The van der Waals surface area contributed by atoms with Gasteiger partial charge in [0.1, 0.15) is 12.2 Å². The molecule has 1 aromatic heterocycles. The van der Waals surface area contributed by atoms with Crippen molar-refractivity contribution in [1.29, 1.82) is 5.41 Å². The Hall–Kier alpha value is -2.37. The summed E-state index contributed by atoms with van der Waals surface area (Å²) in [5.41, 5.74) is 0.149. The minimum absolute atomic E-state index is 0. The van der Waals surface area contributed by atoms with Crippen molar-refractivity contribution in [3.63, 3.8) is 0 Å². The number of carbonyl (C=O) groups excluding carboxylic acids is 1. The van der Waals surface area contributed by atoms with Gasteiger partial charge < -0.3 is 10.1 Å². The third kappa shape index (κ3) is 5.31. The second-order valence-corrected chi connectivity index (χ2v) is 9.07. The number of alkyl halides is 3. The van der Waals surface area contributed by atoms with Gasteiger partial charge in [0.05, 0.1) is 29.3 Å². The molecule has 2 N–H and O–H groups in total. The molecule has 0 spiro atoms. The van der Waals surface area contributed by atoms with E-state index in [9.17, 15) is 18.0 Å². The van der Waals surface area contributed by atoms with Crippen LogP contribution in [0.4, 0.5) is 13.2 Å². The maximum absolute atomic E-state index is 13.1. The van der Waals surface area contributed by atoms with Crippen molar-refractivity contribution < 1.29 is 22.7 Å². The van der Waals surface area contributed by atoms with Crippen LogP contribution < -0.4 is 5.32 Å². The van der Waals surface area contributed by atoms with Gasteiger partial charge in [0.25, 0.3) is 0 Å². The zero-order valence-corrected chi connectivity index (χ0v) is 20.1. The van der Waals surface area contributed by atoms with Gasteiger partial charge in [-0.2, -0.15) is 13.2 Å². The highest BCUT2D eigenvalue weighted by Crippen LogP contribution is 2.39. The first-order valence-electron chi connectivity index (χ1n) is 10.5. The first kappa shape index (κ1) is 26.2. The topological polar surface area (TPSA) is 96.1 Å². The van der Waals surface area contributed by atoms with Crippen LogP contribution in [0.1, 0.15) is 38.7 Å². The predicted molar refractivity (Wildman–Crippen MR) is 122 cm³/mol. The Kier molecular flexibility index (Phi) is 7.49. The Morgan fingerprint density at radius 3 is 2.76 bits per heavy atom. The average Bonchev–Trinajstić information content (AvgIpc) is 3.13. The fourth-order valence-corrected chi connectivity index (χ4v) is 4.91. The Balaban J connectivity index is 0.00000324. The fraction of sp³-hybridized carbons (Fsp3) is 0.524. The summed E-state index contributed by atoms with van der Waals surface area (Å²) in [6.07, 6.45) is -1.88. The number of rotatable bonds is 4. The number of nitrogens with one attached hydrogen (secondary N) is 2. The number of amides is 1. The van der Waals surface area contributed by atoms with Crippen LogP contribution in [-0.4, -0.2) is 56.7 Å². The zero-order valence-electron chi connectivity index (χ0n) is 18.5. The summed E-state index contributed by atoms with van der Waals surface area (Å²) in [6.45, 7) is 2.98. The van der Waals surface area contributed by atoms with Gasteiger partial charge >= 0.3 is 6.18 Å². The first-order valence-corrected chi connectivity index (χ1v) is 10.9. The van der Waals surface area contributed by atoms with E-state index in [4.69, 9.17) is 21.7 Å². The van der Waals surface area contributed by atoms with Crippen molar-refractivity contribution in [1.82, 2.24) is 25.2 Å². The number of aromatic nitrogens is 3. The highest BCUT2D eigenvalue weighted by Gasteiger charge is 2.44. The third-order valence-corrected chi connectivity index (χ3v) is 6.39. The molecule has 2 aliphatic heterocycles. The maximum atomic E-state index is 13.1. The Morgan fingerprint density at radius 1 is 1.38 bits per heavy atom. The molecular formula is C21H25Cl2F3N6O2. The number of halogens is 5. The monoisotopic (exact) mass is 520 g/mol. The van der Waals surface area contributed by atoms with E-state index < -0.39 is 18.3 Å². The molecule has 1 aromatic carbocycles. The smallest absolute Gasteiger partial charge is 0.378 e. The predicted octanol–water partition coefficient (Wildman–Crippen LogP) is 4.12. The van der Waals surface area contributed by atoms with Gasteiger partial charge in [-0.3, -0.25) is 15.1 Å². The molecule has 2 aliphatic rings. The highest BCUT2D eigenvalue weighted by molar-refractivity contribution is 6.34. The van der Waals surface area contributed by atoms with Crippen molar-refractivity contribution in [3.05, 3.63) is 35.0 Å². The minimum atomic E-state index is -4.43. The molecule has 13 heteroatoms. The molecule has 3 atom stereocenters. The first-order chi connectivity index (χ1) is 15.5. The van der Waals surface area contributed by atoms with Gasteiger partial charge in [-0.15, -0.1) is 17.5 Å². The molecule has 2 fully saturated rings. The Bertz CT molecular complexity index is 1060. The van der Waals surface area contributed by atoms with Crippen LogP contribution >= 0.6 is 24.0 Å². The molecule has 1 amide bonds. The molecule has 8 nitrogen and oxygen atoms in total. The lowest BCUT2D eigenvalue weighted by atomic mass is 9.84. The SMILES string of the molecule is C[C@H]1C[C@@H](N2C(=N)N[C@](C)(c3cccc(-c4cn(CC(F)(F)F)nn4)c3Cl)CC2=O)CCO1.Cl. The summed E-state index contributed by atoms with van der Waals surface area (Å²) in [4.78, 5) is 14.6. The van der Waals surface area contributed by atoms with Gasteiger partial charge in [0.15, 0.2) is 5.96 Å². The van der Waals surface area contributed by atoms with E-state index >= 15 is 0 Å². The minimum Gasteiger partial charge on any atom is -0.378 e. The van der Waals surface area contributed by atoms with Crippen molar-refractivity contribution in [2.75, 3.05) is 6.61 Å². The fourth-order valence-electron chi connectivity index (χ4n) is 4.47. The summed E-state index contributed by atoms with van der Waals surface area (Å²) in [6, 6.07) is 4.93. The summed E-state index contributed by atoms with van der Waals surface area (Å²) < 4.78 is 44.3. The molecule has 2 saturated heterocycles. The summed E-state index contributed by atoms with van der Waals surface area (Å²) >= 11 is 6.66. The van der Waals surface area contributed by atoms with E-state index in [1.807, 2.05) is 6.92 Å². The van der Waals surface area contributed by atoms with E-state index in [2.05, 4.69) is 15.6 Å². The van der Waals surface area contributed by atoms with Crippen molar-refractivity contribution in [3.8, 4) is 11.3 Å². The molecular weight excluding hydrogens is 496 g/mol. The van der Waals surface area contributed by atoms with Crippen LogP contribution in [0.3, 0.4) is 0 Å². The molecule has 0 aliphatic carbocycles. The number of carbonyl (C=O) groups is 1. The Labute approximate surface area is 205 Å². The quantitative estimate of drug-likeness (QED) is 0.631. The zero-order chi connectivity index (χ0) is 24.0. The van der Waals surface area contributed by atoms with Crippen LogP contribution in [0.25, 0.3) is 11.3 Å². The van der Waals surface area contributed by atoms with Crippen LogP contribution in [0.5, 0.6) is 0 Å². The van der Waals surface area contributed by atoms with E-state index in [1.54, 1.807) is 25.1 Å². The summed E-state index contributed by atoms with van der Waals surface area (Å²) in [5.74, 6) is -0.205. The molecule has 0 bridgehead atoms. The van der Waals surface area contributed by atoms with E-state index in [0.717, 1.165) is 0 Å². The van der Waals surface area contributed by atoms with Crippen LogP contribution in [0.2, 0.25) is 5.02 Å². The van der Waals surface area contributed by atoms with E-state index in [0.29, 0.717) is 35.3 Å². The maximum Gasteiger partial charge on any atom is 0.408 e. The molecule has 0 unspecified atom stereocenters. The summed E-state index contributed by atoms with van der Waals surface area (Å²) in [5, 5.41) is 19.3. The second kappa shape index (κ2) is 9.71. The average molecular weight is 521 g/mol. The van der Waals surface area contributed by atoms with Gasteiger partial charge in [-0.1, -0.05) is 35.0 Å². The second-order valence-electron chi connectivity index (χ2n) is 8.69. The Morgan fingerprint density at radius 2 is 2.12 bits per heavy atom. The van der Waals surface area contributed by atoms with Crippen LogP contribution in [-0.2, 0) is 21.6 Å². The van der Waals surface area contributed by atoms with Crippen molar-refractivity contribution in [2.45, 2.75) is 63.5 Å². The lowest BCUT2D eigenvalue weighted by molar-refractivity contribution is -0.143. The third-order valence-electron chi connectivity index (χ3n) is 5.98.